The molecule has 70 heavy (non-hydrogen) atoms. The van der Waals surface area contributed by atoms with E-state index in [1.54, 1.807) is 24.3 Å². The summed E-state index contributed by atoms with van der Waals surface area (Å²) in [5.41, 5.74) is 0. The third kappa shape index (κ3) is 34.3. The molecule has 9 atom stereocenters. The van der Waals surface area contributed by atoms with Crippen LogP contribution in [0.15, 0.2) is 97.2 Å². The second kappa shape index (κ2) is 40.4. The second-order valence-electron chi connectivity index (χ2n) is 17.0. The van der Waals surface area contributed by atoms with Crippen LogP contribution < -0.4 is 0 Å². The van der Waals surface area contributed by atoms with Crippen molar-refractivity contribution in [1.29, 1.82) is 0 Å². The van der Waals surface area contributed by atoms with Gasteiger partial charge < -0.3 is 49.7 Å². The summed E-state index contributed by atoms with van der Waals surface area (Å²) in [6, 6.07) is 0. The molecule has 1 rings (SSSR count). The van der Waals surface area contributed by atoms with Crippen LogP contribution in [0.3, 0.4) is 0 Å². The van der Waals surface area contributed by atoms with E-state index < -0.39 is 89.6 Å². The highest BCUT2D eigenvalue weighted by molar-refractivity contribution is 7.47. The Morgan fingerprint density at radius 1 is 0.529 bits per heavy atom. The molecular weight excluding hydrogens is 946 g/mol. The van der Waals surface area contributed by atoms with Crippen molar-refractivity contribution in [3.05, 3.63) is 97.2 Å². The number of phosphoric ester groups is 2. The van der Waals surface area contributed by atoms with E-state index in [9.17, 15) is 58.9 Å². The predicted molar refractivity (Wildman–Crippen MR) is 270 cm³/mol. The van der Waals surface area contributed by atoms with Gasteiger partial charge in [0.05, 0.1) is 12.7 Å². The van der Waals surface area contributed by atoms with E-state index in [-0.39, 0.29) is 12.8 Å². The number of carbonyl (C=O) groups excluding carboxylic acids is 2. The minimum atomic E-state index is -5.39. The quantitative estimate of drug-likeness (QED) is 0.00935. The van der Waals surface area contributed by atoms with Gasteiger partial charge in [-0.25, -0.2) is 9.13 Å². The lowest BCUT2D eigenvalue weighted by atomic mass is 9.85. The topological polar surface area (TPSA) is 276 Å². The average molecular weight is 1030 g/mol. The zero-order chi connectivity index (χ0) is 51.9. The number of aliphatic hydroxyl groups is 5. The maximum Gasteiger partial charge on any atom is 0.472 e. The fourth-order valence-electron chi connectivity index (χ4n) is 6.79. The van der Waals surface area contributed by atoms with Crippen LogP contribution in [0, 0.1) is 0 Å². The first-order chi connectivity index (χ1) is 33.5. The summed E-state index contributed by atoms with van der Waals surface area (Å²) < 4.78 is 49.3. The Morgan fingerprint density at radius 2 is 1.01 bits per heavy atom. The summed E-state index contributed by atoms with van der Waals surface area (Å²) in [5.74, 6) is -1.38. The summed E-state index contributed by atoms with van der Waals surface area (Å²) in [6.07, 6.45) is 33.8. The van der Waals surface area contributed by atoms with Gasteiger partial charge in [-0.05, 0) is 89.9 Å². The molecule has 1 fully saturated rings. The third-order valence-electron chi connectivity index (χ3n) is 10.7. The standard InChI is InChI=1S/C51H84O17P2/c1-3-5-7-9-11-13-14-15-16-17-18-19-20-21-22-24-26-30-34-38-44(53)64-40-43(41-65-70(62,63)68-51-48(57)46(55)47(56)50(49(51)58)67-69(59,60)61)66-45(54)39-35-31-27-29-33-37-42(52)36-32-28-25-23-12-10-8-6-4-2/h11-13,15-16,18-19,21-23,27-29,32-33,37,42-43,46-52,55-58H,3-10,14,17,20,24-26,30-31,34-36,38-41H2,1-2H3,(H,62,63)(H2,59,60,61)/b13-11-,16-15-,19-18-,22-21-,23-12-,29-27+,32-28-,37-33-/t42?,43-,46?,47?,48?,49?,50-,51+/m1/s1. The zero-order valence-electron chi connectivity index (χ0n) is 41.3. The van der Waals surface area contributed by atoms with Gasteiger partial charge in [-0.15, -0.1) is 0 Å². The van der Waals surface area contributed by atoms with Crippen LogP contribution >= 0.6 is 15.6 Å². The highest BCUT2D eigenvalue weighted by Crippen LogP contribution is 2.49. The maximum absolute atomic E-state index is 13.0. The van der Waals surface area contributed by atoms with Crippen LogP contribution in [0.5, 0.6) is 0 Å². The molecule has 17 nitrogen and oxygen atoms in total. The fourth-order valence-corrected chi connectivity index (χ4v) is 8.33. The Kier molecular flexibility index (Phi) is 37.4. The molecule has 6 unspecified atom stereocenters. The van der Waals surface area contributed by atoms with Crippen molar-refractivity contribution in [1.82, 2.24) is 0 Å². The van der Waals surface area contributed by atoms with Crippen LogP contribution in [-0.4, -0.2) is 114 Å². The van der Waals surface area contributed by atoms with Gasteiger partial charge in [0.15, 0.2) is 6.10 Å². The molecule has 0 aromatic carbocycles. The average Bonchev–Trinajstić information content (AvgIpc) is 3.31. The summed E-state index contributed by atoms with van der Waals surface area (Å²) in [5, 5.41) is 51.5. The molecule has 19 heteroatoms. The number of rotatable bonds is 40. The number of hydrogen-bond acceptors (Lipinski definition) is 14. The zero-order valence-corrected chi connectivity index (χ0v) is 43.1. The largest absolute Gasteiger partial charge is 0.472 e. The van der Waals surface area contributed by atoms with Crippen molar-refractivity contribution in [3.63, 3.8) is 0 Å². The van der Waals surface area contributed by atoms with Crippen molar-refractivity contribution in [2.45, 2.75) is 198 Å². The van der Waals surface area contributed by atoms with Gasteiger partial charge >= 0.3 is 27.6 Å². The summed E-state index contributed by atoms with van der Waals surface area (Å²) in [4.78, 5) is 54.3. The Morgan fingerprint density at radius 3 is 1.56 bits per heavy atom. The first kappa shape index (κ1) is 64.9. The molecule has 0 aromatic heterocycles. The molecule has 0 aromatic rings. The van der Waals surface area contributed by atoms with Gasteiger partial charge in [0.1, 0.15) is 43.2 Å². The number of ether oxygens (including phenoxy) is 2. The van der Waals surface area contributed by atoms with E-state index in [0.717, 1.165) is 57.8 Å². The molecule has 0 spiro atoms. The van der Waals surface area contributed by atoms with Crippen LogP contribution in [0.25, 0.3) is 0 Å². The molecule has 0 amide bonds. The highest BCUT2D eigenvalue weighted by Gasteiger charge is 2.54. The van der Waals surface area contributed by atoms with Crippen molar-refractivity contribution >= 4 is 27.6 Å². The number of carbonyl (C=O) groups is 2. The summed E-state index contributed by atoms with van der Waals surface area (Å²) in [7, 11) is -10.8. The lowest BCUT2D eigenvalue weighted by Gasteiger charge is -2.43. The Hall–Kier alpha value is -3.12. The van der Waals surface area contributed by atoms with Crippen molar-refractivity contribution in [3.8, 4) is 0 Å². The van der Waals surface area contributed by atoms with Crippen LogP contribution in [0.1, 0.15) is 149 Å². The second-order valence-corrected chi connectivity index (χ2v) is 19.6. The first-order valence-electron chi connectivity index (χ1n) is 24.9. The van der Waals surface area contributed by atoms with Gasteiger partial charge in [0.25, 0.3) is 0 Å². The molecule has 400 valence electrons. The van der Waals surface area contributed by atoms with Crippen LogP contribution in [-0.2, 0) is 41.8 Å². The molecule has 0 radical (unpaired) electrons. The number of aliphatic hydroxyl groups excluding tert-OH is 5. The molecule has 1 aliphatic carbocycles. The van der Waals surface area contributed by atoms with Crippen molar-refractivity contribution in [2.75, 3.05) is 13.2 Å². The summed E-state index contributed by atoms with van der Waals surface area (Å²) >= 11 is 0. The Bertz CT molecular complexity index is 1730. The lowest BCUT2D eigenvalue weighted by Crippen LogP contribution is -2.64. The predicted octanol–water partition coefficient (Wildman–Crippen LogP) is 8.92. The van der Waals surface area contributed by atoms with Gasteiger partial charge in [-0.3, -0.25) is 23.2 Å². The van der Waals surface area contributed by atoms with Crippen LogP contribution in [0.2, 0.25) is 0 Å². The lowest BCUT2D eigenvalue weighted by molar-refractivity contribution is -0.216. The molecular formula is C51H84O17P2. The minimum absolute atomic E-state index is 0.0482. The van der Waals surface area contributed by atoms with Crippen LogP contribution in [0.4, 0.5) is 0 Å². The van der Waals surface area contributed by atoms with Crippen molar-refractivity contribution < 1.29 is 82.0 Å². The van der Waals surface area contributed by atoms with E-state index >= 15 is 0 Å². The van der Waals surface area contributed by atoms with Gasteiger partial charge in [-0.2, -0.15) is 0 Å². The monoisotopic (exact) mass is 1030 g/mol. The van der Waals surface area contributed by atoms with E-state index in [4.69, 9.17) is 18.5 Å². The van der Waals surface area contributed by atoms with E-state index in [2.05, 4.69) is 79.1 Å². The number of esters is 2. The SMILES string of the molecule is CCCCC/C=C\C/C=C\C/C=C\C/C=C\CCCCCC(=O)OC[C@H](COP(=O)(O)O[C@H]1C(O)C(O)C(O)[C@@H](OP(=O)(O)O)C1O)OC(=O)CCC/C=C/C=C\C(O)C/C=C\C/C=C\CCCCC. The maximum atomic E-state index is 13.0. The molecule has 0 heterocycles. The normalized spacial score (nSPS) is 22.3. The molecule has 1 aliphatic rings. The van der Waals surface area contributed by atoms with Gasteiger partial charge in [0, 0.05) is 12.8 Å². The number of allylic oxidation sites excluding steroid dienone is 14. The minimum Gasteiger partial charge on any atom is -0.462 e. The number of hydrogen-bond donors (Lipinski definition) is 8. The molecule has 0 saturated heterocycles. The van der Waals surface area contributed by atoms with E-state index in [1.165, 1.54) is 38.5 Å². The molecule has 1 saturated carbocycles. The highest BCUT2D eigenvalue weighted by atomic mass is 31.2. The van der Waals surface area contributed by atoms with Gasteiger partial charge in [0.2, 0.25) is 0 Å². The first-order valence-corrected chi connectivity index (χ1v) is 27.9. The third-order valence-corrected chi connectivity index (χ3v) is 12.2. The van der Waals surface area contributed by atoms with E-state index in [1.807, 2.05) is 12.2 Å². The number of phosphoric acid groups is 2. The Labute approximate surface area is 416 Å². The number of unbranched alkanes of at least 4 members (excludes halogenated alkanes) is 10. The fraction of sp³-hybridized carbons (Fsp3) is 0.647. The molecule has 0 bridgehead atoms. The summed E-state index contributed by atoms with van der Waals surface area (Å²) in [6.45, 7) is 2.90. The molecule has 0 aliphatic heterocycles. The Balaban J connectivity index is 2.68. The van der Waals surface area contributed by atoms with Crippen molar-refractivity contribution in [2.24, 2.45) is 0 Å². The van der Waals surface area contributed by atoms with Gasteiger partial charge in [-0.1, -0.05) is 143 Å². The smallest absolute Gasteiger partial charge is 0.462 e. The van der Waals surface area contributed by atoms with E-state index in [0.29, 0.717) is 25.7 Å². The molecule has 8 N–H and O–H groups in total.